The third-order valence-corrected chi connectivity index (χ3v) is 4.49. The van der Waals surface area contributed by atoms with E-state index in [1.54, 1.807) is 0 Å². The van der Waals surface area contributed by atoms with Crippen molar-refractivity contribution in [1.82, 2.24) is 5.32 Å². The van der Waals surface area contributed by atoms with Gasteiger partial charge in [0.15, 0.2) is 0 Å². The second kappa shape index (κ2) is 8.31. The smallest absolute Gasteiger partial charge is 0.227 e. The molecule has 4 N–H and O–H groups in total. The van der Waals surface area contributed by atoms with Gasteiger partial charge in [0.2, 0.25) is 11.8 Å². The minimum atomic E-state index is -0.399. The average Bonchev–Trinajstić information content (AvgIpc) is 2.97. The maximum absolute atomic E-state index is 12.6. The minimum Gasteiger partial charge on any atom is -0.349 e. The molecule has 5 nitrogen and oxygen atoms in total. The first-order valence-corrected chi connectivity index (χ1v) is 7.85. The summed E-state index contributed by atoms with van der Waals surface area (Å²) in [6.45, 7) is 3.82. The number of hydrogen-bond acceptors (Lipinski definition) is 3. The normalized spacial score (nSPS) is 17.0. The van der Waals surface area contributed by atoms with Crippen LogP contribution >= 0.6 is 12.4 Å². The highest BCUT2D eigenvalue weighted by atomic mass is 35.5. The van der Waals surface area contributed by atoms with Crippen molar-refractivity contribution >= 4 is 29.9 Å². The molecule has 1 unspecified atom stereocenters. The van der Waals surface area contributed by atoms with Gasteiger partial charge in [-0.3, -0.25) is 9.59 Å². The lowest BCUT2D eigenvalue weighted by atomic mass is 9.85. The Morgan fingerprint density at radius 3 is 2.52 bits per heavy atom. The second-order valence-electron chi connectivity index (χ2n) is 6.19. The van der Waals surface area contributed by atoms with Crippen LogP contribution < -0.4 is 16.4 Å². The molecular weight excluding hydrogens is 314 g/mol. The molecule has 1 atom stereocenters. The molecule has 128 valence electrons. The lowest BCUT2D eigenvalue weighted by Crippen LogP contribution is -2.44. The Morgan fingerprint density at radius 1 is 1.30 bits per heavy atom. The SMILES string of the molecule is CC(=O)Nc1cccc(C(C)NC(=O)C2(CN)CCCC2)c1.Cl. The van der Waals surface area contributed by atoms with E-state index < -0.39 is 5.41 Å². The van der Waals surface area contributed by atoms with Crippen molar-refractivity contribution < 1.29 is 9.59 Å². The summed E-state index contributed by atoms with van der Waals surface area (Å²) in [4.78, 5) is 23.7. The summed E-state index contributed by atoms with van der Waals surface area (Å²) in [5, 5.41) is 5.83. The minimum absolute atomic E-state index is 0. The van der Waals surface area contributed by atoms with E-state index in [0.717, 1.165) is 36.9 Å². The predicted molar refractivity (Wildman–Crippen MR) is 94.5 cm³/mol. The Morgan fingerprint density at radius 2 is 1.96 bits per heavy atom. The molecular formula is C17H26ClN3O2. The predicted octanol–water partition coefficient (Wildman–Crippen LogP) is 2.76. The van der Waals surface area contributed by atoms with Crippen molar-refractivity contribution in [3.8, 4) is 0 Å². The number of halogens is 1. The van der Waals surface area contributed by atoms with Gasteiger partial charge in [0.05, 0.1) is 11.5 Å². The van der Waals surface area contributed by atoms with Crippen molar-refractivity contribution in [2.75, 3.05) is 11.9 Å². The van der Waals surface area contributed by atoms with Crippen molar-refractivity contribution in [2.24, 2.45) is 11.1 Å². The number of amides is 2. The Bertz CT molecular complexity index is 557. The van der Waals surface area contributed by atoms with Gasteiger partial charge in [0.1, 0.15) is 0 Å². The molecule has 2 rings (SSSR count). The lowest BCUT2D eigenvalue weighted by molar-refractivity contribution is -0.131. The summed E-state index contributed by atoms with van der Waals surface area (Å²) in [7, 11) is 0. The quantitative estimate of drug-likeness (QED) is 0.771. The number of benzene rings is 1. The molecule has 0 spiro atoms. The van der Waals surface area contributed by atoms with Crippen LogP contribution in [0.3, 0.4) is 0 Å². The molecule has 1 aliphatic rings. The number of anilines is 1. The molecule has 1 aromatic carbocycles. The summed E-state index contributed by atoms with van der Waals surface area (Å²) in [5.74, 6) is -0.0631. The molecule has 0 heterocycles. The van der Waals surface area contributed by atoms with E-state index in [0.29, 0.717) is 6.54 Å². The van der Waals surface area contributed by atoms with Crippen molar-refractivity contribution in [3.63, 3.8) is 0 Å². The number of nitrogens with two attached hydrogens (primary N) is 1. The highest BCUT2D eigenvalue weighted by molar-refractivity contribution is 5.88. The fraction of sp³-hybridized carbons (Fsp3) is 0.529. The largest absolute Gasteiger partial charge is 0.349 e. The van der Waals surface area contributed by atoms with E-state index in [9.17, 15) is 9.59 Å². The van der Waals surface area contributed by atoms with Crippen LogP contribution in [-0.4, -0.2) is 18.4 Å². The fourth-order valence-corrected chi connectivity index (χ4v) is 3.10. The second-order valence-corrected chi connectivity index (χ2v) is 6.19. The standard InChI is InChI=1S/C17H25N3O2.ClH/c1-12(14-6-5-7-15(10-14)20-13(2)21)19-16(22)17(11-18)8-3-4-9-17;/h5-7,10,12H,3-4,8-9,11,18H2,1-2H3,(H,19,22)(H,20,21);1H. The highest BCUT2D eigenvalue weighted by Gasteiger charge is 2.40. The molecule has 1 saturated carbocycles. The maximum Gasteiger partial charge on any atom is 0.227 e. The highest BCUT2D eigenvalue weighted by Crippen LogP contribution is 2.37. The first-order chi connectivity index (χ1) is 10.5. The van der Waals surface area contributed by atoms with Gasteiger partial charge in [-0.1, -0.05) is 25.0 Å². The van der Waals surface area contributed by atoms with Gasteiger partial charge in [-0.2, -0.15) is 0 Å². The molecule has 1 aliphatic carbocycles. The number of carbonyl (C=O) groups excluding carboxylic acids is 2. The molecule has 1 fully saturated rings. The van der Waals surface area contributed by atoms with Crippen LogP contribution in [0.4, 0.5) is 5.69 Å². The summed E-state index contributed by atoms with van der Waals surface area (Å²) in [6.07, 6.45) is 3.87. The van der Waals surface area contributed by atoms with E-state index in [4.69, 9.17) is 5.73 Å². The average molecular weight is 340 g/mol. The zero-order valence-corrected chi connectivity index (χ0v) is 14.5. The Balaban J connectivity index is 0.00000264. The van der Waals surface area contributed by atoms with Gasteiger partial charge in [-0.25, -0.2) is 0 Å². The van der Waals surface area contributed by atoms with Crippen LogP contribution in [0.5, 0.6) is 0 Å². The molecule has 0 bridgehead atoms. The first-order valence-electron chi connectivity index (χ1n) is 7.85. The van der Waals surface area contributed by atoms with Crippen LogP contribution in [0.25, 0.3) is 0 Å². The fourth-order valence-electron chi connectivity index (χ4n) is 3.10. The van der Waals surface area contributed by atoms with Gasteiger partial charge in [0, 0.05) is 19.2 Å². The van der Waals surface area contributed by atoms with E-state index in [-0.39, 0.29) is 30.3 Å². The molecule has 23 heavy (non-hydrogen) atoms. The molecule has 0 saturated heterocycles. The number of carbonyl (C=O) groups is 2. The Labute approximate surface area is 143 Å². The van der Waals surface area contributed by atoms with E-state index in [2.05, 4.69) is 10.6 Å². The third-order valence-electron chi connectivity index (χ3n) is 4.49. The van der Waals surface area contributed by atoms with Crippen LogP contribution in [0, 0.1) is 5.41 Å². The summed E-state index contributed by atoms with van der Waals surface area (Å²) in [5.41, 5.74) is 7.15. The number of rotatable bonds is 5. The van der Waals surface area contributed by atoms with Crippen LogP contribution in [-0.2, 0) is 9.59 Å². The first kappa shape index (κ1) is 19.5. The van der Waals surface area contributed by atoms with Gasteiger partial charge in [0.25, 0.3) is 0 Å². The third kappa shape index (κ3) is 4.69. The zero-order valence-electron chi connectivity index (χ0n) is 13.7. The molecule has 0 aliphatic heterocycles. The van der Waals surface area contributed by atoms with Crippen LogP contribution in [0.15, 0.2) is 24.3 Å². The van der Waals surface area contributed by atoms with E-state index in [1.165, 1.54) is 6.92 Å². The monoisotopic (exact) mass is 339 g/mol. The molecule has 0 aromatic heterocycles. The molecule has 2 amide bonds. The summed E-state index contributed by atoms with van der Waals surface area (Å²) in [6, 6.07) is 7.41. The topological polar surface area (TPSA) is 84.2 Å². The van der Waals surface area contributed by atoms with Crippen molar-refractivity contribution in [1.29, 1.82) is 0 Å². The van der Waals surface area contributed by atoms with Crippen molar-refractivity contribution in [2.45, 2.75) is 45.6 Å². The van der Waals surface area contributed by atoms with Gasteiger partial charge in [-0.05, 0) is 37.5 Å². The Kier molecular flexibility index (Phi) is 7.03. The lowest BCUT2D eigenvalue weighted by Gasteiger charge is -2.28. The van der Waals surface area contributed by atoms with Crippen LogP contribution in [0.1, 0.15) is 51.1 Å². The summed E-state index contributed by atoms with van der Waals surface area (Å²) >= 11 is 0. The van der Waals surface area contributed by atoms with Crippen molar-refractivity contribution in [3.05, 3.63) is 29.8 Å². The Hall–Kier alpha value is -1.59. The van der Waals surface area contributed by atoms with E-state index >= 15 is 0 Å². The van der Waals surface area contributed by atoms with E-state index in [1.807, 2.05) is 31.2 Å². The van der Waals surface area contributed by atoms with Gasteiger partial charge >= 0.3 is 0 Å². The zero-order chi connectivity index (χ0) is 16.2. The van der Waals surface area contributed by atoms with Crippen LogP contribution in [0.2, 0.25) is 0 Å². The van der Waals surface area contributed by atoms with Gasteiger partial charge in [-0.15, -0.1) is 12.4 Å². The molecule has 6 heteroatoms. The molecule has 1 aromatic rings. The maximum atomic E-state index is 12.6. The van der Waals surface area contributed by atoms with Gasteiger partial charge < -0.3 is 16.4 Å². The number of nitrogens with one attached hydrogen (secondary N) is 2. The number of hydrogen-bond donors (Lipinski definition) is 3. The molecule has 0 radical (unpaired) electrons. The summed E-state index contributed by atoms with van der Waals surface area (Å²) < 4.78 is 0.